The molecule has 3 atom stereocenters. The fourth-order valence-corrected chi connectivity index (χ4v) is 3.67. The number of nitrogens with zero attached hydrogens (tertiary/aromatic N) is 1. The molecule has 2 rings (SSSR count). The zero-order valence-corrected chi connectivity index (χ0v) is 10.7. The molecule has 1 aliphatic heterocycles. The molecule has 0 aromatic carbocycles. The van der Waals surface area contributed by atoms with Gasteiger partial charge in [-0.15, -0.1) is 0 Å². The Labute approximate surface area is 100 Å². The summed E-state index contributed by atoms with van der Waals surface area (Å²) in [6, 6.07) is 1.50. The van der Waals surface area contributed by atoms with Crippen LogP contribution in [0.5, 0.6) is 0 Å². The zero-order chi connectivity index (χ0) is 11.4. The molecule has 1 N–H and O–H groups in total. The number of piperidine rings is 1. The third-order valence-corrected chi connectivity index (χ3v) is 4.51. The van der Waals surface area contributed by atoms with Gasteiger partial charge in [0, 0.05) is 18.7 Å². The molecule has 0 amide bonds. The van der Waals surface area contributed by atoms with Crippen molar-refractivity contribution in [2.24, 2.45) is 5.92 Å². The molecule has 2 aliphatic rings. The van der Waals surface area contributed by atoms with Crippen molar-refractivity contribution in [1.82, 2.24) is 4.90 Å². The molecule has 0 aromatic rings. The van der Waals surface area contributed by atoms with Crippen molar-refractivity contribution in [3.8, 4) is 0 Å². The molecular formula is C14H27NO. The first kappa shape index (κ1) is 12.4. The van der Waals surface area contributed by atoms with Crippen LogP contribution in [0.3, 0.4) is 0 Å². The Morgan fingerprint density at radius 3 is 2.75 bits per heavy atom. The SMILES string of the molecule is CC1CCCC(N2CCCCC2CCO)C1. The van der Waals surface area contributed by atoms with Crippen LogP contribution in [-0.4, -0.2) is 35.2 Å². The van der Waals surface area contributed by atoms with Gasteiger partial charge >= 0.3 is 0 Å². The Kier molecular flexibility index (Phi) is 4.66. The number of likely N-dealkylation sites (tertiary alicyclic amines) is 1. The van der Waals surface area contributed by atoms with Gasteiger partial charge in [-0.25, -0.2) is 0 Å². The summed E-state index contributed by atoms with van der Waals surface area (Å²) in [6.45, 7) is 4.04. The minimum atomic E-state index is 0.365. The van der Waals surface area contributed by atoms with E-state index in [1.165, 1.54) is 51.5 Å². The first-order chi connectivity index (χ1) is 7.81. The van der Waals surface area contributed by atoms with Gasteiger partial charge in [0.2, 0.25) is 0 Å². The molecule has 1 aliphatic carbocycles. The molecule has 2 nitrogen and oxygen atoms in total. The minimum absolute atomic E-state index is 0.365. The molecular weight excluding hydrogens is 198 g/mol. The molecule has 3 unspecified atom stereocenters. The summed E-state index contributed by atoms with van der Waals surface area (Å²) in [4.78, 5) is 2.73. The van der Waals surface area contributed by atoms with Gasteiger partial charge in [0.1, 0.15) is 0 Å². The molecule has 0 radical (unpaired) electrons. The predicted molar refractivity (Wildman–Crippen MR) is 67.5 cm³/mol. The van der Waals surface area contributed by atoms with E-state index in [0.717, 1.165) is 18.4 Å². The van der Waals surface area contributed by atoms with Crippen LogP contribution in [0.15, 0.2) is 0 Å². The van der Waals surface area contributed by atoms with Gasteiger partial charge in [-0.3, -0.25) is 4.90 Å². The maximum Gasteiger partial charge on any atom is 0.0445 e. The Bertz CT molecular complexity index is 205. The van der Waals surface area contributed by atoms with Crippen LogP contribution in [0.4, 0.5) is 0 Å². The van der Waals surface area contributed by atoms with Gasteiger partial charge in [-0.05, 0) is 44.6 Å². The van der Waals surface area contributed by atoms with Gasteiger partial charge in [-0.1, -0.05) is 26.2 Å². The highest BCUT2D eigenvalue weighted by atomic mass is 16.3. The van der Waals surface area contributed by atoms with E-state index in [0.29, 0.717) is 12.6 Å². The number of aliphatic hydroxyl groups excluding tert-OH is 1. The topological polar surface area (TPSA) is 23.5 Å². The van der Waals surface area contributed by atoms with E-state index in [-0.39, 0.29) is 0 Å². The van der Waals surface area contributed by atoms with E-state index in [4.69, 9.17) is 5.11 Å². The highest BCUT2D eigenvalue weighted by Gasteiger charge is 2.30. The Morgan fingerprint density at radius 2 is 2.00 bits per heavy atom. The van der Waals surface area contributed by atoms with Crippen molar-refractivity contribution in [2.45, 2.75) is 70.4 Å². The summed E-state index contributed by atoms with van der Waals surface area (Å²) in [5.74, 6) is 0.912. The molecule has 1 saturated carbocycles. The van der Waals surface area contributed by atoms with Crippen molar-refractivity contribution in [2.75, 3.05) is 13.2 Å². The molecule has 94 valence electrons. The van der Waals surface area contributed by atoms with Crippen LogP contribution in [0.1, 0.15) is 58.3 Å². The predicted octanol–water partition coefficient (Wildman–Crippen LogP) is 2.80. The summed E-state index contributed by atoms with van der Waals surface area (Å²) in [5.41, 5.74) is 0. The summed E-state index contributed by atoms with van der Waals surface area (Å²) < 4.78 is 0. The molecule has 0 bridgehead atoms. The van der Waals surface area contributed by atoms with Crippen LogP contribution in [0, 0.1) is 5.92 Å². The van der Waals surface area contributed by atoms with Gasteiger partial charge in [0.15, 0.2) is 0 Å². The first-order valence-electron chi connectivity index (χ1n) is 7.18. The summed E-state index contributed by atoms with van der Waals surface area (Å²) in [5, 5.41) is 9.16. The zero-order valence-electron chi connectivity index (χ0n) is 10.7. The maximum absolute atomic E-state index is 9.16. The number of aliphatic hydroxyl groups is 1. The second-order valence-electron chi connectivity index (χ2n) is 5.83. The van der Waals surface area contributed by atoms with Gasteiger partial charge in [0.25, 0.3) is 0 Å². The van der Waals surface area contributed by atoms with Crippen molar-refractivity contribution in [3.05, 3.63) is 0 Å². The van der Waals surface area contributed by atoms with Crippen molar-refractivity contribution in [1.29, 1.82) is 0 Å². The highest BCUT2D eigenvalue weighted by Crippen LogP contribution is 2.32. The number of rotatable bonds is 3. The number of hydrogen-bond donors (Lipinski definition) is 1. The Hall–Kier alpha value is -0.0800. The molecule has 2 fully saturated rings. The smallest absolute Gasteiger partial charge is 0.0445 e. The van der Waals surface area contributed by atoms with Crippen molar-refractivity contribution in [3.63, 3.8) is 0 Å². The lowest BCUT2D eigenvalue weighted by molar-refractivity contribution is 0.0478. The standard InChI is InChI=1S/C14H27NO/c1-12-5-4-7-14(11-12)15-9-3-2-6-13(15)8-10-16/h12-14,16H,2-11H2,1H3. The van der Waals surface area contributed by atoms with Gasteiger partial charge < -0.3 is 5.11 Å². The van der Waals surface area contributed by atoms with Crippen molar-refractivity contribution >= 4 is 0 Å². The third kappa shape index (κ3) is 2.98. The largest absolute Gasteiger partial charge is 0.396 e. The van der Waals surface area contributed by atoms with Crippen LogP contribution in [-0.2, 0) is 0 Å². The van der Waals surface area contributed by atoms with Crippen LogP contribution in [0.25, 0.3) is 0 Å². The summed E-state index contributed by atoms with van der Waals surface area (Å²) in [7, 11) is 0. The number of hydrogen-bond acceptors (Lipinski definition) is 2. The fourth-order valence-electron chi connectivity index (χ4n) is 3.67. The van der Waals surface area contributed by atoms with E-state index in [2.05, 4.69) is 11.8 Å². The lowest BCUT2D eigenvalue weighted by Gasteiger charge is -2.44. The van der Waals surface area contributed by atoms with E-state index < -0.39 is 0 Å². The molecule has 1 saturated heterocycles. The second-order valence-corrected chi connectivity index (χ2v) is 5.83. The lowest BCUT2D eigenvalue weighted by Crippen LogP contribution is -2.48. The average Bonchev–Trinajstić information content (AvgIpc) is 2.30. The Morgan fingerprint density at radius 1 is 1.12 bits per heavy atom. The lowest BCUT2D eigenvalue weighted by atomic mass is 9.84. The maximum atomic E-state index is 9.16. The monoisotopic (exact) mass is 225 g/mol. The van der Waals surface area contributed by atoms with E-state index in [1.807, 2.05) is 0 Å². The van der Waals surface area contributed by atoms with E-state index >= 15 is 0 Å². The summed E-state index contributed by atoms with van der Waals surface area (Å²) in [6.07, 6.45) is 10.7. The molecule has 0 aromatic heterocycles. The van der Waals surface area contributed by atoms with E-state index in [1.54, 1.807) is 0 Å². The molecule has 2 heteroatoms. The first-order valence-corrected chi connectivity index (χ1v) is 7.18. The van der Waals surface area contributed by atoms with Crippen LogP contribution >= 0.6 is 0 Å². The average molecular weight is 225 g/mol. The molecule has 16 heavy (non-hydrogen) atoms. The molecule has 0 spiro atoms. The van der Waals surface area contributed by atoms with Crippen LogP contribution in [0.2, 0.25) is 0 Å². The van der Waals surface area contributed by atoms with Crippen molar-refractivity contribution < 1.29 is 5.11 Å². The minimum Gasteiger partial charge on any atom is -0.396 e. The summed E-state index contributed by atoms with van der Waals surface area (Å²) >= 11 is 0. The van der Waals surface area contributed by atoms with Gasteiger partial charge in [-0.2, -0.15) is 0 Å². The van der Waals surface area contributed by atoms with Crippen LogP contribution < -0.4 is 0 Å². The Balaban J connectivity index is 1.93. The highest BCUT2D eigenvalue weighted by molar-refractivity contribution is 4.86. The normalized spacial score (nSPS) is 37.5. The van der Waals surface area contributed by atoms with Gasteiger partial charge in [0.05, 0.1) is 0 Å². The molecule has 1 heterocycles. The third-order valence-electron chi connectivity index (χ3n) is 4.51. The van der Waals surface area contributed by atoms with E-state index in [9.17, 15) is 0 Å². The fraction of sp³-hybridized carbons (Fsp3) is 1.00. The second kappa shape index (κ2) is 6.02. The quantitative estimate of drug-likeness (QED) is 0.798.